The van der Waals surface area contributed by atoms with Gasteiger partial charge in [0, 0.05) is 23.0 Å². The first-order chi connectivity index (χ1) is 8.61. The van der Waals surface area contributed by atoms with Gasteiger partial charge in [0.25, 0.3) is 0 Å². The summed E-state index contributed by atoms with van der Waals surface area (Å²) in [6, 6.07) is 6.35. The van der Waals surface area contributed by atoms with Gasteiger partial charge in [-0.2, -0.15) is 0 Å². The SMILES string of the molecule is CCOC(=O)CCc1c(C)[nH]c2ccc(C)cc12. The highest BCUT2D eigenvalue weighted by Crippen LogP contribution is 2.24. The van der Waals surface area contributed by atoms with E-state index in [0.717, 1.165) is 17.6 Å². The predicted molar refractivity (Wildman–Crippen MR) is 72.7 cm³/mol. The molecule has 0 spiro atoms. The number of nitrogens with one attached hydrogen (secondary N) is 1. The summed E-state index contributed by atoms with van der Waals surface area (Å²) in [5.41, 5.74) is 4.73. The highest BCUT2D eigenvalue weighted by Gasteiger charge is 2.10. The van der Waals surface area contributed by atoms with Gasteiger partial charge in [0.15, 0.2) is 0 Å². The Morgan fingerprint density at radius 3 is 2.83 bits per heavy atom. The maximum absolute atomic E-state index is 11.4. The van der Waals surface area contributed by atoms with Gasteiger partial charge in [-0.25, -0.2) is 0 Å². The Bertz CT molecular complexity index is 569. The Kier molecular flexibility index (Phi) is 3.70. The lowest BCUT2D eigenvalue weighted by Crippen LogP contribution is -2.05. The first-order valence-corrected chi connectivity index (χ1v) is 6.35. The number of benzene rings is 1. The van der Waals surface area contributed by atoms with Crippen LogP contribution >= 0.6 is 0 Å². The van der Waals surface area contributed by atoms with Crippen LogP contribution < -0.4 is 0 Å². The van der Waals surface area contributed by atoms with Crippen LogP contribution in [0.5, 0.6) is 0 Å². The Morgan fingerprint density at radius 2 is 2.11 bits per heavy atom. The third kappa shape index (κ3) is 2.55. The van der Waals surface area contributed by atoms with Gasteiger partial charge in [-0.3, -0.25) is 4.79 Å². The van der Waals surface area contributed by atoms with E-state index >= 15 is 0 Å². The predicted octanol–water partition coefficient (Wildman–Crippen LogP) is 3.28. The first kappa shape index (κ1) is 12.7. The summed E-state index contributed by atoms with van der Waals surface area (Å²) < 4.78 is 4.97. The van der Waals surface area contributed by atoms with Crippen molar-refractivity contribution in [3.63, 3.8) is 0 Å². The van der Waals surface area contributed by atoms with Gasteiger partial charge in [0.1, 0.15) is 0 Å². The number of rotatable bonds is 4. The van der Waals surface area contributed by atoms with E-state index in [2.05, 4.69) is 37.0 Å². The molecule has 0 aliphatic carbocycles. The Balaban J connectivity index is 2.24. The number of ether oxygens (including phenoxy) is 1. The number of carbonyl (C=O) groups excluding carboxylic acids is 1. The van der Waals surface area contributed by atoms with Crippen LogP contribution in [0.4, 0.5) is 0 Å². The van der Waals surface area contributed by atoms with E-state index in [1.54, 1.807) is 0 Å². The maximum atomic E-state index is 11.4. The number of hydrogen-bond acceptors (Lipinski definition) is 2. The normalized spacial score (nSPS) is 10.8. The smallest absolute Gasteiger partial charge is 0.306 e. The van der Waals surface area contributed by atoms with E-state index in [0.29, 0.717) is 13.0 Å². The third-order valence-corrected chi connectivity index (χ3v) is 3.16. The molecule has 0 saturated carbocycles. The zero-order valence-electron chi connectivity index (χ0n) is 11.2. The van der Waals surface area contributed by atoms with Gasteiger partial charge >= 0.3 is 5.97 Å². The fourth-order valence-electron chi connectivity index (χ4n) is 2.28. The Hall–Kier alpha value is -1.77. The van der Waals surface area contributed by atoms with Crippen LogP contribution in [0.1, 0.15) is 30.2 Å². The zero-order valence-corrected chi connectivity index (χ0v) is 11.2. The van der Waals surface area contributed by atoms with Crippen LogP contribution in [-0.2, 0) is 16.0 Å². The number of fused-ring (bicyclic) bond motifs is 1. The Labute approximate surface area is 107 Å². The number of aryl methyl sites for hydroxylation is 3. The molecule has 0 amide bonds. The average molecular weight is 245 g/mol. The second-order valence-electron chi connectivity index (χ2n) is 4.58. The van der Waals surface area contributed by atoms with E-state index in [1.165, 1.54) is 16.5 Å². The van der Waals surface area contributed by atoms with Crippen molar-refractivity contribution in [2.45, 2.75) is 33.6 Å². The third-order valence-electron chi connectivity index (χ3n) is 3.16. The van der Waals surface area contributed by atoms with Crippen LogP contribution in [0.3, 0.4) is 0 Å². The molecule has 3 heteroatoms. The van der Waals surface area contributed by atoms with Crippen LogP contribution in [0.2, 0.25) is 0 Å². The number of hydrogen-bond donors (Lipinski definition) is 1. The molecule has 0 bridgehead atoms. The van der Waals surface area contributed by atoms with Gasteiger partial charge in [0.2, 0.25) is 0 Å². The lowest BCUT2D eigenvalue weighted by atomic mass is 10.0. The maximum Gasteiger partial charge on any atom is 0.306 e. The van der Waals surface area contributed by atoms with E-state index in [4.69, 9.17) is 4.74 Å². The summed E-state index contributed by atoms with van der Waals surface area (Å²) in [6.45, 7) is 6.41. The molecular formula is C15H19NO2. The first-order valence-electron chi connectivity index (χ1n) is 6.35. The molecule has 18 heavy (non-hydrogen) atoms. The van der Waals surface area contributed by atoms with Crippen molar-refractivity contribution in [2.75, 3.05) is 6.61 Å². The number of esters is 1. The Morgan fingerprint density at radius 1 is 1.33 bits per heavy atom. The van der Waals surface area contributed by atoms with Gasteiger partial charge in [-0.15, -0.1) is 0 Å². The molecule has 0 radical (unpaired) electrons. The van der Waals surface area contributed by atoms with Gasteiger partial charge in [-0.05, 0) is 44.9 Å². The fourth-order valence-corrected chi connectivity index (χ4v) is 2.28. The molecule has 2 aromatic rings. The van der Waals surface area contributed by atoms with E-state index in [9.17, 15) is 4.79 Å². The topological polar surface area (TPSA) is 42.1 Å². The standard InChI is InChI=1S/C15H19NO2/c1-4-18-15(17)8-6-12-11(3)16-14-7-5-10(2)9-13(12)14/h5,7,9,16H,4,6,8H2,1-3H3. The van der Waals surface area contributed by atoms with Crippen molar-refractivity contribution in [2.24, 2.45) is 0 Å². The van der Waals surface area contributed by atoms with Crippen molar-refractivity contribution in [3.05, 3.63) is 35.0 Å². The summed E-state index contributed by atoms with van der Waals surface area (Å²) in [7, 11) is 0. The highest BCUT2D eigenvalue weighted by molar-refractivity contribution is 5.85. The van der Waals surface area contributed by atoms with Crippen LogP contribution in [0.25, 0.3) is 10.9 Å². The summed E-state index contributed by atoms with van der Waals surface area (Å²) in [5, 5.41) is 1.22. The average Bonchev–Trinajstić information content (AvgIpc) is 2.62. The van der Waals surface area contributed by atoms with Crippen LogP contribution in [0.15, 0.2) is 18.2 Å². The minimum Gasteiger partial charge on any atom is -0.466 e. The second kappa shape index (κ2) is 5.25. The van der Waals surface area contributed by atoms with Crippen molar-refractivity contribution >= 4 is 16.9 Å². The summed E-state index contributed by atoms with van der Waals surface area (Å²) >= 11 is 0. The largest absolute Gasteiger partial charge is 0.466 e. The summed E-state index contributed by atoms with van der Waals surface area (Å²) in [4.78, 5) is 14.8. The molecule has 1 heterocycles. The number of aromatic nitrogens is 1. The highest BCUT2D eigenvalue weighted by atomic mass is 16.5. The molecule has 96 valence electrons. The van der Waals surface area contributed by atoms with E-state index in [1.807, 2.05) is 6.92 Å². The number of aromatic amines is 1. The van der Waals surface area contributed by atoms with Gasteiger partial charge < -0.3 is 9.72 Å². The molecule has 1 aromatic heterocycles. The molecule has 1 N–H and O–H groups in total. The molecule has 2 rings (SSSR count). The van der Waals surface area contributed by atoms with Crippen molar-refractivity contribution in [3.8, 4) is 0 Å². The summed E-state index contributed by atoms with van der Waals surface area (Å²) in [5.74, 6) is -0.126. The summed E-state index contributed by atoms with van der Waals surface area (Å²) in [6.07, 6.45) is 1.17. The molecule has 0 aliphatic heterocycles. The molecule has 3 nitrogen and oxygen atoms in total. The minimum atomic E-state index is -0.126. The molecule has 1 aromatic carbocycles. The van der Waals surface area contributed by atoms with E-state index in [-0.39, 0.29) is 5.97 Å². The van der Waals surface area contributed by atoms with Gasteiger partial charge in [-0.1, -0.05) is 11.6 Å². The number of carbonyl (C=O) groups is 1. The van der Waals surface area contributed by atoms with Crippen molar-refractivity contribution < 1.29 is 9.53 Å². The second-order valence-corrected chi connectivity index (χ2v) is 4.58. The number of H-pyrrole nitrogens is 1. The lowest BCUT2D eigenvalue weighted by molar-refractivity contribution is -0.143. The molecule has 0 atom stereocenters. The molecule has 0 saturated heterocycles. The van der Waals surface area contributed by atoms with E-state index < -0.39 is 0 Å². The quantitative estimate of drug-likeness (QED) is 0.840. The monoisotopic (exact) mass is 245 g/mol. The van der Waals surface area contributed by atoms with Crippen molar-refractivity contribution in [1.82, 2.24) is 4.98 Å². The molecule has 0 unspecified atom stereocenters. The zero-order chi connectivity index (χ0) is 13.1. The minimum absolute atomic E-state index is 0.126. The lowest BCUT2D eigenvalue weighted by Gasteiger charge is -2.03. The van der Waals surface area contributed by atoms with Crippen LogP contribution in [-0.4, -0.2) is 17.6 Å². The van der Waals surface area contributed by atoms with Crippen molar-refractivity contribution in [1.29, 1.82) is 0 Å². The van der Waals surface area contributed by atoms with Gasteiger partial charge in [0.05, 0.1) is 6.61 Å². The van der Waals surface area contributed by atoms with Crippen LogP contribution in [0, 0.1) is 13.8 Å². The molecular weight excluding hydrogens is 226 g/mol. The fraction of sp³-hybridized carbons (Fsp3) is 0.400. The molecule has 0 aliphatic rings. The molecule has 0 fully saturated rings.